The highest BCUT2D eigenvalue weighted by Crippen LogP contribution is 2.30. The zero-order chi connectivity index (χ0) is 17.7. The topological polar surface area (TPSA) is 69.4 Å². The Morgan fingerprint density at radius 1 is 1.21 bits per heavy atom. The number of nitrogens with two attached hydrogens (primary N) is 1. The number of nitrogens with zero attached hydrogens (tertiary/aromatic N) is 1. The Morgan fingerprint density at radius 2 is 1.96 bits per heavy atom. The van der Waals surface area contributed by atoms with E-state index in [9.17, 15) is 13.2 Å². The zero-order valence-electron chi connectivity index (χ0n) is 13.5. The molecule has 0 bridgehead atoms. The molecule has 0 saturated heterocycles. The van der Waals surface area contributed by atoms with Crippen LogP contribution in [-0.4, -0.2) is 38.0 Å². The van der Waals surface area contributed by atoms with Crippen LogP contribution in [0.5, 0.6) is 11.5 Å². The number of hydrogen-bond donors (Lipinski definition) is 2. The van der Waals surface area contributed by atoms with E-state index in [1.54, 1.807) is 18.2 Å². The molecule has 1 aromatic heterocycles. The lowest BCUT2D eigenvalue weighted by Gasteiger charge is -2.21. The van der Waals surface area contributed by atoms with Gasteiger partial charge in [-0.15, -0.1) is 0 Å². The molecule has 0 saturated carbocycles. The number of hydrogen-bond acceptors (Lipinski definition) is 5. The minimum absolute atomic E-state index is 0.0301. The van der Waals surface area contributed by atoms with Gasteiger partial charge >= 0.3 is 6.18 Å². The fraction of sp³-hybridized carbons (Fsp3) is 0.438. The monoisotopic (exact) mass is 343 g/mol. The van der Waals surface area contributed by atoms with Gasteiger partial charge in [-0.25, -0.2) is 0 Å². The van der Waals surface area contributed by atoms with Crippen molar-refractivity contribution in [1.29, 1.82) is 0 Å². The van der Waals surface area contributed by atoms with Crippen LogP contribution in [0.3, 0.4) is 0 Å². The number of nitrogens with one attached hydrogen (secondary N) is 1. The number of ether oxygens (including phenoxy) is 2. The van der Waals surface area contributed by atoms with Crippen LogP contribution in [0.2, 0.25) is 0 Å². The third-order valence-electron chi connectivity index (χ3n) is 3.65. The molecule has 1 atom stereocenters. The van der Waals surface area contributed by atoms with Crippen molar-refractivity contribution in [2.75, 3.05) is 20.8 Å². The molecule has 3 N–H and O–H groups in total. The van der Waals surface area contributed by atoms with Gasteiger partial charge in [-0.1, -0.05) is 0 Å². The van der Waals surface area contributed by atoms with Gasteiger partial charge in [0.1, 0.15) is 17.5 Å². The summed E-state index contributed by atoms with van der Waals surface area (Å²) in [6.07, 6.45) is -2.98. The smallest absolute Gasteiger partial charge is 0.403 e. The van der Waals surface area contributed by atoms with Gasteiger partial charge in [0.25, 0.3) is 0 Å². The van der Waals surface area contributed by atoms with Crippen molar-refractivity contribution >= 4 is 10.9 Å². The summed E-state index contributed by atoms with van der Waals surface area (Å²) in [5, 5.41) is 3.20. The molecule has 1 unspecified atom stereocenters. The van der Waals surface area contributed by atoms with Crippen LogP contribution in [0, 0.1) is 0 Å². The van der Waals surface area contributed by atoms with Crippen LogP contribution in [0.15, 0.2) is 24.4 Å². The van der Waals surface area contributed by atoms with Crippen LogP contribution in [-0.2, 0) is 6.54 Å². The summed E-state index contributed by atoms with van der Waals surface area (Å²) in [5.41, 5.74) is 6.52. The molecule has 132 valence electrons. The number of rotatable bonds is 7. The van der Waals surface area contributed by atoms with Crippen molar-refractivity contribution in [3.05, 3.63) is 30.0 Å². The minimum atomic E-state index is -4.34. The molecule has 0 spiro atoms. The lowest BCUT2D eigenvalue weighted by atomic mass is 10.1. The number of halogens is 3. The standard InChI is InChI=1S/C16H20F3N3O2/c1-23-11-6-13-12(14(7-11)24-2)5-10(8-21-13)9-22-15(3-4-20)16(17,18)19/h5-8,15,22H,3-4,9,20H2,1-2H3. The molecule has 1 aromatic carbocycles. The highest BCUT2D eigenvalue weighted by atomic mass is 19.4. The van der Waals surface area contributed by atoms with E-state index in [0.29, 0.717) is 28.0 Å². The SMILES string of the molecule is COc1cc(OC)c2cc(CNC(CCN)C(F)(F)F)cnc2c1. The van der Waals surface area contributed by atoms with Crippen LogP contribution in [0.4, 0.5) is 13.2 Å². The molecule has 0 fully saturated rings. The van der Waals surface area contributed by atoms with Crippen LogP contribution in [0.25, 0.3) is 10.9 Å². The van der Waals surface area contributed by atoms with Gasteiger partial charge in [-0.2, -0.15) is 13.2 Å². The van der Waals surface area contributed by atoms with Crippen LogP contribution >= 0.6 is 0 Å². The lowest BCUT2D eigenvalue weighted by Crippen LogP contribution is -2.43. The number of fused-ring (bicyclic) bond motifs is 1. The molecule has 0 radical (unpaired) electrons. The molecule has 8 heteroatoms. The summed E-state index contributed by atoms with van der Waals surface area (Å²) in [4.78, 5) is 4.28. The number of aromatic nitrogens is 1. The van der Waals surface area contributed by atoms with E-state index in [4.69, 9.17) is 15.2 Å². The predicted octanol–water partition coefficient (Wildman–Crippen LogP) is 2.62. The summed E-state index contributed by atoms with van der Waals surface area (Å²) < 4.78 is 49.2. The van der Waals surface area contributed by atoms with Crippen molar-refractivity contribution in [2.24, 2.45) is 5.73 Å². The second kappa shape index (κ2) is 7.67. The first kappa shape index (κ1) is 18.3. The summed E-state index contributed by atoms with van der Waals surface area (Å²) in [7, 11) is 3.05. The third kappa shape index (κ3) is 4.27. The fourth-order valence-electron chi connectivity index (χ4n) is 2.39. The molecule has 0 aliphatic rings. The molecule has 2 rings (SSSR count). The zero-order valence-corrected chi connectivity index (χ0v) is 13.5. The normalized spacial score (nSPS) is 13.1. The van der Waals surface area contributed by atoms with E-state index >= 15 is 0 Å². The first-order chi connectivity index (χ1) is 11.4. The van der Waals surface area contributed by atoms with E-state index in [1.807, 2.05) is 0 Å². The molecule has 1 heterocycles. The predicted molar refractivity (Wildman–Crippen MR) is 85.2 cm³/mol. The minimum Gasteiger partial charge on any atom is -0.497 e. The second-order valence-corrected chi connectivity index (χ2v) is 5.29. The maximum atomic E-state index is 12.9. The van der Waals surface area contributed by atoms with E-state index in [1.165, 1.54) is 20.4 Å². The van der Waals surface area contributed by atoms with Gasteiger partial charge in [0.15, 0.2) is 0 Å². The summed E-state index contributed by atoms with van der Waals surface area (Å²) in [6.45, 7) is -0.0108. The Bertz CT molecular complexity index is 692. The van der Waals surface area contributed by atoms with Gasteiger partial charge in [-0.3, -0.25) is 4.98 Å². The molecule has 2 aromatic rings. The summed E-state index contributed by atoms with van der Waals surface area (Å²) in [6, 6.07) is 3.55. The molecule has 0 amide bonds. The average molecular weight is 343 g/mol. The number of alkyl halides is 3. The number of benzene rings is 1. The maximum absolute atomic E-state index is 12.9. The second-order valence-electron chi connectivity index (χ2n) is 5.29. The van der Waals surface area contributed by atoms with Gasteiger partial charge in [0.2, 0.25) is 0 Å². The van der Waals surface area contributed by atoms with Gasteiger partial charge < -0.3 is 20.5 Å². The Morgan fingerprint density at radius 3 is 2.54 bits per heavy atom. The Labute approximate surface area is 138 Å². The molecular formula is C16H20F3N3O2. The van der Waals surface area contributed by atoms with Crippen molar-refractivity contribution in [2.45, 2.75) is 25.2 Å². The van der Waals surface area contributed by atoms with Crippen LogP contribution < -0.4 is 20.5 Å². The van der Waals surface area contributed by atoms with Crippen LogP contribution in [0.1, 0.15) is 12.0 Å². The highest BCUT2D eigenvalue weighted by Gasteiger charge is 2.38. The Hall–Kier alpha value is -2.06. The lowest BCUT2D eigenvalue weighted by molar-refractivity contribution is -0.157. The third-order valence-corrected chi connectivity index (χ3v) is 3.65. The molecule has 0 aliphatic carbocycles. The number of methoxy groups -OCH3 is 2. The van der Waals surface area contributed by atoms with Gasteiger partial charge in [0, 0.05) is 30.3 Å². The van der Waals surface area contributed by atoms with Gasteiger partial charge in [0.05, 0.1) is 19.7 Å². The van der Waals surface area contributed by atoms with Crippen molar-refractivity contribution in [3.8, 4) is 11.5 Å². The molecule has 5 nitrogen and oxygen atoms in total. The fourth-order valence-corrected chi connectivity index (χ4v) is 2.39. The van der Waals surface area contributed by atoms with E-state index in [-0.39, 0.29) is 19.5 Å². The summed E-state index contributed by atoms with van der Waals surface area (Å²) in [5.74, 6) is 1.14. The van der Waals surface area contributed by atoms with E-state index in [2.05, 4.69) is 10.3 Å². The largest absolute Gasteiger partial charge is 0.497 e. The van der Waals surface area contributed by atoms with E-state index in [0.717, 1.165) is 0 Å². The molecule has 24 heavy (non-hydrogen) atoms. The highest BCUT2D eigenvalue weighted by molar-refractivity contribution is 5.87. The van der Waals surface area contributed by atoms with Crippen molar-refractivity contribution < 1.29 is 22.6 Å². The number of pyridine rings is 1. The quantitative estimate of drug-likeness (QED) is 0.809. The average Bonchev–Trinajstić information content (AvgIpc) is 2.56. The van der Waals surface area contributed by atoms with Crippen molar-refractivity contribution in [1.82, 2.24) is 10.3 Å². The molecule has 0 aliphatic heterocycles. The van der Waals surface area contributed by atoms with E-state index < -0.39 is 12.2 Å². The first-order valence-electron chi connectivity index (χ1n) is 7.40. The summed E-state index contributed by atoms with van der Waals surface area (Å²) >= 11 is 0. The maximum Gasteiger partial charge on any atom is 0.403 e. The van der Waals surface area contributed by atoms with Crippen molar-refractivity contribution in [3.63, 3.8) is 0 Å². The Kier molecular flexibility index (Phi) is 5.84. The molecular weight excluding hydrogens is 323 g/mol. The van der Waals surface area contributed by atoms with Gasteiger partial charge in [-0.05, 0) is 24.6 Å². The Balaban J connectivity index is 2.24. The first-order valence-corrected chi connectivity index (χ1v) is 7.40.